The molecule has 1 fully saturated rings. The van der Waals surface area contributed by atoms with Gasteiger partial charge in [-0.3, -0.25) is 4.79 Å². The van der Waals surface area contributed by atoms with Crippen LogP contribution in [0.2, 0.25) is 0 Å². The van der Waals surface area contributed by atoms with E-state index in [1.165, 1.54) is 0 Å². The van der Waals surface area contributed by atoms with E-state index in [0.717, 1.165) is 5.56 Å². The summed E-state index contributed by atoms with van der Waals surface area (Å²) in [6, 6.07) is 7.37. The Morgan fingerprint density at radius 1 is 1.31 bits per heavy atom. The van der Waals surface area contributed by atoms with Crippen molar-refractivity contribution in [3.63, 3.8) is 0 Å². The van der Waals surface area contributed by atoms with E-state index in [4.69, 9.17) is 4.74 Å². The largest absolute Gasteiger partial charge is 0.478 e. The van der Waals surface area contributed by atoms with Gasteiger partial charge in [0.05, 0.1) is 6.33 Å². The number of aromatic nitrogens is 2. The molecule has 3 rings (SSSR count). The van der Waals surface area contributed by atoms with Gasteiger partial charge in [0.1, 0.15) is 5.75 Å². The number of imidazole rings is 1. The molecule has 7 heteroatoms. The zero-order chi connectivity index (χ0) is 18.6. The highest BCUT2D eigenvalue weighted by Crippen LogP contribution is 2.30. The number of amides is 1. The number of hydrogen-bond acceptors (Lipinski definition) is 4. The molecule has 1 aromatic heterocycles. The molecule has 0 radical (unpaired) electrons. The zero-order valence-corrected chi connectivity index (χ0v) is 14.8. The van der Waals surface area contributed by atoms with Gasteiger partial charge in [0.2, 0.25) is 11.5 Å². The van der Waals surface area contributed by atoms with Gasteiger partial charge < -0.3 is 19.3 Å². The molecule has 0 bridgehead atoms. The van der Waals surface area contributed by atoms with Crippen molar-refractivity contribution in [2.45, 2.75) is 38.3 Å². The summed E-state index contributed by atoms with van der Waals surface area (Å²) >= 11 is 0. The number of aryl methyl sites for hydroxylation is 2. The van der Waals surface area contributed by atoms with Crippen molar-refractivity contribution in [1.82, 2.24) is 14.5 Å². The van der Waals surface area contributed by atoms with E-state index in [0.29, 0.717) is 31.8 Å². The molecule has 138 valence electrons. The molecule has 0 saturated carbocycles. The zero-order valence-electron chi connectivity index (χ0n) is 14.8. The summed E-state index contributed by atoms with van der Waals surface area (Å²) < 4.78 is 7.73. The van der Waals surface area contributed by atoms with Crippen LogP contribution in [0.1, 0.15) is 24.8 Å². The average molecular weight is 357 g/mol. The lowest BCUT2D eigenvalue weighted by molar-refractivity contribution is -0.161. The van der Waals surface area contributed by atoms with Gasteiger partial charge in [-0.1, -0.05) is 12.1 Å². The minimum atomic E-state index is -1.28. The Hall–Kier alpha value is -2.83. The molecule has 0 atom stereocenters. The van der Waals surface area contributed by atoms with Crippen molar-refractivity contribution >= 4 is 11.9 Å². The monoisotopic (exact) mass is 357 g/mol. The Kier molecular flexibility index (Phi) is 5.25. The maximum atomic E-state index is 12.4. The lowest BCUT2D eigenvalue weighted by Crippen LogP contribution is -2.54. The summed E-state index contributed by atoms with van der Waals surface area (Å²) in [7, 11) is 0. The predicted octanol–water partition coefficient (Wildman–Crippen LogP) is 2.11. The fraction of sp³-hybridized carbons (Fsp3) is 0.421. The van der Waals surface area contributed by atoms with E-state index in [9.17, 15) is 14.7 Å². The fourth-order valence-corrected chi connectivity index (χ4v) is 3.18. The highest BCUT2D eigenvalue weighted by atomic mass is 16.5. The highest BCUT2D eigenvalue weighted by molar-refractivity contribution is 5.80. The second kappa shape index (κ2) is 7.59. The van der Waals surface area contributed by atoms with Crippen LogP contribution in [0.5, 0.6) is 5.75 Å². The fourth-order valence-electron chi connectivity index (χ4n) is 3.18. The van der Waals surface area contributed by atoms with Crippen LogP contribution in [0.25, 0.3) is 0 Å². The molecule has 0 spiro atoms. The topological polar surface area (TPSA) is 84.7 Å². The number of hydrogen-bond donors (Lipinski definition) is 1. The van der Waals surface area contributed by atoms with Crippen LogP contribution in [-0.2, 0) is 16.1 Å². The van der Waals surface area contributed by atoms with E-state index in [-0.39, 0.29) is 18.7 Å². The molecule has 1 aliphatic rings. The Bertz CT molecular complexity index is 765. The Morgan fingerprint density at radius 3 is 2.69 bits per heavy atom. The van der Waals surface area contributed by atoms with Gasteiger partial charge in [0.25, 0.3) is 0 Å². The number of likely N-dealkylation sites (tertiary alicyclic amines) is 1. The molecule has 0 unspecified atom stereocenters. The van der Waals surface area contributed by atoms with E-state index < -0.39 is 11.6 Å². The number of aliphatic carboxylic acids is 1. The number of benzene rings is 1. The third-order valence-electron chi connectivity index (χ3n) is 4.76. The average Bonchev–Trinajstić information content (AvgIpc) is 3.14. The number of nitrogens with zero attached hydrogens (tertiary/aromatic N) is 3. The predicted molar refractivity (Wildman–Crippen MR) is 94.8 cm³/mol. The molecule has 0 aliphatic carbocycles. The second-order valence-corrected chi connectivity index (χ2v) is 6.65. The normalized spacial score (nSPS) is 16.3. The summed E-state index contributed by atoms with van der Waals surface area (Å²) in [6.07, 6.45) is 6.08. The molecule has 1 aromatic carbocycles. The van der Waals surface area contributed by atoms with E-state index in [1.54, 1.807) is 23.5 Å². The van der Waals surface area contributed by atoms with Gasteiger partial charge in [-0.25, -0.2) is 9.78 Å². The first-order chi connectivity index (χ1) is 12.5. The third-order valence-corrected chi connectivity index (χ3v) is 4.76. The number of rotatable bonds is 6. The summed E-state index contributed by atoms with van der Waals surface area (Å²) in [4.78, 5) is 29.9. The van der Waals surface area contributed by atoms with E-state index in [1.807, 2.05) is 35.9 Å². The van der Waals surface area contributed by atoms with Crippen LogP contribution in [0.4, 0.5) is 0 Å². The molecule has 26 heavy (non-hydrogen) atoms. The van der Waals surface area contributed by atoms with Crippen LogP contribution in [-0.4, -0.2) is 50.1 Å². The number of piperidine rings is 1. The maximum Gasteiger partial charge on any atom is 0.348 e. The Morgan fingerprint density at radius 2 is 2.08 bits per heavy atom. The SMILES string of the molecule is Cc1cccc(OC2(C(=O)O)CCN(C(=O)CCn3ccnc3)CC2)c1. The van der Waals surface area contributed by atoms with Gasteiger partial charge in [-0.05, 0) is 24.6 Å². The van der Waals surface area contributed by atoms with Crippen molar-refractivity contribution in [3.05, 3.63) is 48.5 Å². The standard InChI is InChI=1S/C19H23N3O4/c1-15-3-2-4-16(13-15)26-19(18(24)25)6-10-22(11-7-19)17(23)5-9-21-12-8-20-14-21/h2-4,8,12-14H,5-7,9-11H2,1H3,(H,24,25). The molecule has 1 N–H and O–H groups in total. The lowest BCUT2D eigenvalue weighted by atomic mass is 9.90. The Labute approximate surface area is 152 Å². The summed E-state index contributed by atoms with van der Waals surface area (Å²) in [5, 5.41) is 9.73. The smallest absolute Gasteiger partial charge is 0.348 e. The third kappa shape index (κ3) is 4.04. The first-order valence-corrected chi connectivity index (χ1v) is 8.71. The quantitative estimate of drug-likeness (QED) is 0.856. The molecule has 2 heterocycles. The van der Waals surface area contributed by atoms with Crippen molar-refractivity contribution in [2.24, 2.45) is 0 Å². The molecular formula is C19H23N3O4. The van der Waals surface area contributed by atoms with Crippen LogP contribution >= 0.6 is 0 Å². The van der Waals surface area contributed by atoms with Gasteiger partial charge in [-0.15, -0.1) is 0 Å². The first-order valence-electron chi connectivity index (χ1n) is 8.71. The lowest BCUT2D eigenvalue weighted by Gasteiger charge is -2.39. The molecular weight excluding hydrogens is 334 g/mol. The molecule has 7 nitrogen and oxygen atoms in total. The van der Waals surface area contributed by atoms with Crippen molar-refractivity contribution in [1.29, 1.82) is 0 Å². The number of carbonyl (C=O) groups excluding carboxylic acids is 1. The maximum absolute atomic E-state index is 12.4. The van der Waals surface area contributed by atoms with Crippen LogP contribution in [0.3, 0.4) is 0 Å². The molecule has 1 amide bonds. The number of carbonyl (C=O) groups is 2. The minimum Gasteiger partial charge on any atom is -0.478 e. The van der Waals surface area contributed by atoms with Crippen molar-refractivity contribution in [2.75, 3.05) is 13.1 Å². The number of carboxylic acid groups (broad SMARTS) is 1. The van der Waals surface area contributed by atoms with Gasteiger partial charge in [-0.2, -0.15) is 0 Å². The first kappa shape index (κ1) is 18.0. The van der Waals surface area contributed by atoms with Gasteiger partial charge >= 0.3 is 5.97 Å². The minimum absolute atomic E-state index is 0.0215. The summed E-state index contributed by atoms with van der Waals surface area (Å²) in [6.45, 7) is 3.25. The van der Waals surface area contributed by atoms with Crippen molar-refractivity contribution < 1.29 is 19.4 Å². The summed E-state index contributed by atoms with van der Waals surface area (Å²) in [5.74, 6) is -0.412. The van der Waals surface area contributed by atoms with E-state index >= 15 is 0 Å². The van der Waals surface area contributed by atoms with E-state index in [2.05, 4.69) is 4.98 Å². The molecule has 2 aromatic rings. The van der Waals surface area contributed by atoms with Gasteiger partial charge in [0, 0.05) is 51.3 Å². The van der Waals surface area contributed by atoms with Crippen LogP contribution in [0.15, 0.2) is 43.0 Å². The van der Waals surface area contributed by atoms with Crippen molar-refractivity contribution in [3.8, 4) is 5.75 Å². The molecule has 1 saturated heterocycles. The molecule has 1 aliphatic heterocycles. The Balaban J connectivity index is 1.60. The second-order valence-electron chi connectivity index (χ2n) is 6.65. The van der Waals surface area contributed by atoms with Crippen LogP contribution in [0, 0.1) is 6.92 Å². The van der Waals surface area contributed by atoms with Crippen LogP contribution < -0.4 is 4.74 Å². The number of ether oxygens (including phenoxy) is 1. The summed E-state index contributed by atoms with van der Waals surface area (Å²) in [5.41, 5.74) is -0.273. The highest BCUT2D eigenvalue weighted by Gasteiger charge is 2.44. The number of carboxylic acids is 1. The van der Waals surface area contributed by atoms with Gasteiger partial charge in [0.15, 0.2) is 0 Å².